The van der Waals surface area contributed by atoms with Crippen molar-refractivity contribution in [2.45, 2.75) is 50.7 Å². The number of nitrogens with zero attached hydrogens (tertiary/aromatic N) is 2. The van der Waals surface area contributed by atoms with Gasteiger partial charge in [0.15, 0.2) is 5.11 Å². The van der Waals surface area contributed by atoms with E-state index in [0.29, 0.717) is 6.04 Å². The minimum atomic E-state index is 0.252. The van der Waals surface area contributed by atoms with Crippen molar-refractivity contribution >= 4 is 28.7 Å². The zero-order valence-corrected chi connectivity index (χ0v) is 14.9. The van der Waals surface area contributed by atoms with Crippen LogP contribution in [0.15, 0.2) is 35.8 Å². The molecular formula is C18H23N3S2. The van der Waals surface area contributed by atoms with E-state index in [4.69, 9.17) is 12.2 Å². The Morgan fingerprint density at radius 2 is 2.00 bits per heavy atom. The van der Waals surface area contributed by atoms with Gasteiger partial charge in [-0.1, -0.05) is 25.3 Å². The highest BCUT2D eigenvalue weighted by atomic mass is 32.1. The third kappa shape index (κ3) is 3.04. The van der Waals surface area contributed by atoms with Crippen molar-refractivity contribution in [3.63, 3.8) is 0 Å². The van der Waals surface area contributed by atoms with Gasteiger partial charge in [-0.3, -0.25) is 0 Å². The van der Waals surface area contributed by atoms with Crippen LogP contribution in [-0.2, 0) is 6.54 Å². The molecule has 0 bridgehead atoms. The molecule has 0 radical (unpaired) electrons. The summed E-state index contributed by atoms with van der Waals surface area (Å²) in [5.74, 6) is 0. The Balaban J connectivity index is 1.58. The van der Waals surface area contributed by atoms with Gasteiger partial charge in [0.05, 0.1) is 0 Å². The lowest BCUT2D eigenvalue weighted by Crippen LogP contribution is -2.50. The smallest absolute Gasteiger partial charge is 0.170 e. The zero-order valence-electron chi connectivity index (χ0n) is 13.3. The summed E-state index contributed by atoms with van der Waals surface area (Å²) >= 11 is 7.64. The fraction of sp³-hybridized carbons (Fsp3) is 0.500. The van der Waals surface area contributed by atoms with Gasteiger partial charge in [-0.25, -0.2) is 0 Å². The Morgan fingerprint density at radius 3 is 2.78 bits per heavy atom. The lowest BCUT2D eigenvalue weighted by atomic mass is 9.96. The van der Waals surface area contributed by atoms with Gasteiger partial charge >= 0.3 is 0 Å². The van der Waals surface area contributed by atoms with Crippen molar-refractivity contribution in [2.24, 2.45) is 0 Å². The molecule has 0 aromatic carbocycles. The second-order valence-electron chi connectivity index (χ2n) is 6.52. The quantitative estimate of drug-likeness (QED) is 0.825. The molecule has 3 heterocycles. The van der Waals surface area contributed by atoms with E-state index < -0.39 is 0 Å². The molecule has 1 saturated carbocycles. The van der Waals surface area contributed by atoms with Crippen LogP contribution >= 0.6 is 23.6 Å². The Bertz CT molecular complexity index is 656. The molecule has 0 spiro atoms. The molecule has 3 nitrogen and oxygen atoms in total. The van der Waals surface area contributed by atoms with Gasteiger partial charge in [-0.05, 0) is 48.6 Å². The molecule has 4 rings (SSSR count). The van der Waals surface area contributed by atoms with E-state index in [2.05, 4.69) is 50.6 Å². The summed E-state index contributed by atoms with van der Waals surface area (Å²) < 4.78 is 2.37. The fourth-order valence-corrected chi connectivity index (χ4v) is 5.06. The Morgan fingerprint density at radius 1 is 1.13 bits per heavy atom. The predicted octanol–water partition coefficient (Wildman–Crippen LogP) is 4.16. The number of thiocarbonyl (C=S) groups is 1. The van der Waals surface area contributed by atoms with E-state index in [0.717, 1.165) is 18.2 Å². The Kier molecular flexibility index (Phi) is 4.40. The number of hydrogen-bond acceptors (Lipinski definition) is 2. The molecule has 1 N–H and O–H groups in total. The van der Waals surface area contributed by atoms with Crippen LogP contribution in [0.5, 0.6) is 0 Å². The van der Waals surface area contributed by atoms with Crippen LogP contribution in [0.1, 0.15) is 48.7 Å². The van der Waals surface area contributed by atoms with Crippen LogP contribution in [0.3, 0.4) is 0 Å². The molecule has 23 heavy (non-hydrogen) atoms. The Hall–Kier alpha value is -1.33. The summed E-state index contributed by atoms with van der Waals surface area (Å²) in [7, 11) is 0. The molecule has 1 fully saturated rings. The summed E-state index contributed by atoms with van der Waals surface area (Å²) in [6.07, 6.45) is 8.74. The highest BCUT2D eigenvalue weighted by Crippen LogP contribution is 2.35. The number of hydrogen-bond donors (Lipinski definition) is 1. The van der Waals surface area contributed by atoms with E-state index in [1.807, 2.05) is 11.3 Å². The molecule has 0 amide bonds. The first kappa shape index (κ1) is 15.2. The molecule has 1 atom stereocenters. The molecule has 1 aliphatic carbocycles. The zero-order chi connectivity index (χ0) is 15.6. The number of nitrogens with one attached hydrogen (secondary N) is 1. The van der Waals surface area contributed by atoms with E-state index in [1.54, 1.807) is 0 Å². The normalized spacial score (nSPS) is 21.9. The van der Waals surface area contributed by atoms with Gasteiger partial charge in [0.1, 0.15) is 6.04 Å². The van der Waals surface area contributed by atoms with Gasteiger partial charge in [0.2, 0.25) is 0 Å². The third-order valence-electron chi connectivity index (χ3n) is 5.04. The summed E-state index contributed by atoms with van der Waals surface area (Å²) in [6, 6.07) is 9.57. The van der Waals surface area contributed by atoms with Crippen molar-refractivity contribution in [2.75, 3.05) is 6.54 Å². The number of thiophene rings is 1. The molecule has 2 aromatic rings. The summed E-state index contributed by atoms with van der Waals surface area (Å²) in [5, 5.41) is 6.75. The predicted molar refractivity (Wildman–Crippen MR) is 99.9 cm³/mol. The first-order valence-corrected chi connectivity index (χ1v) is 9.87. The van der Waals surface area contributed by atoms with Crippen LogP contribution in [0.25, 0.3) is 0 Å². The molecule has 0 unspecified atom stereocenters. The minimum absolute atomic E-state index is 0.252. The minimum Gasteiger partial charge on any atom is -0.360 e. The summed E-state index contributed by atoms with van der Waals surface area (Å²) in [4.78, 5) is 3.77. The Labute approximate surface area is 147 Å². The average Bonchev–Trinajstić information content (AvgIpc) is 3.26. The van der Waals surface area contributed by atoms with Crippen molar-refractivity contribution in [1.29, 1.82) is 0 Å². The van der Waals surface area contributed by atoms with Crippen LogP contribution in [0.2, 0.25) is 0 Å². The van der Waals surface area contributed by atoms with Crippen LogP contribution in [0.4, 0.5) is 0 Å². The van der Waals surface area contributed by atoms with Gasteiger partial charge in [-0.2, -0.15) is 0 Å². The monoisotopic (exact) mass is 345 g/mol. The van der Waals surface area contributed by atoms with E-state index >= 15 is 0 Å². The third-order valence-corrected chi connectivity index (χ3v) is 6.32. The molecule has 5 heteroatoms. The number of rotatable bonds is 2. The lowest BCUT2D eigenvalue weighted by Gasteiger charge is -2.39. The molecule has 2 aliphatic rings. The maximum atomic E-state index is 5.82. The molecule has 1 aliphatic heterocycles. The van der Waals surface area contributed by atoms with Gasteiger partial charge in [-0.15, -0.1) is 11.3 Å². The standard InChI is InChI=1S/C18H23N3S2/c22-18(19-14-6-2-1-3-7-14)21-12-11-20-10-4-8-15(20)17(21)16-9-5-13-23-16/h4-5,8-10,13-14,17H,1-3,6-7,11-12H2,(H,19,22)/t17-/m1/s1. The van der Waals surface area contributed by atoms with Crippen LogP contribution in [-0.4, -0.2) is 27.2 Å². The molecular weight excluding hydrogens is 322 g/mol. The first-order valence-electron chi connectivity index (χ1n) is 8.58. The van der Waals surface area contributed by atoms with E-state index in [9.17, 15) is 0 Å². The highest BCUT2D eigenvalue weighted by Gasteiger charge is 2.31. The largest absolute Gasteiger partial charge is 0.360 e. The number of fused-ring (bicyclic) bond motifs is 1. The summed E-state index contributed by atoms with van der Waals surface area (Å²) in [6.45, 7) is 1.99. The van der Waals surface area contributed by atoms with Crippen molar-refractivity contribution in [3.05, 3.63) is 46.4 Å². The SMILES string of the molecule is S=C(NC1CCCCC1)N1CCn2cccc2[C@@H]1c1cccs1. The average molecular weight is 346 g/mol. The van der Waals surface area contributed by atoms with E-state index in [-0.39, 0.29) is 6.04 Å². The van der Waals surface area contributed by atoms with Gasteiger partial charge in [0.25, 0.3) is 0 Å². The second-order valence-corrected chi connectivity index (χ2v) is 7.89. The van der Waals surface area contributed by atoms with Crippen molar-refractivity contribution in [3.8, 4) is 0 Å². The van der Waals surface area contributed by atoms with E-state index in [1.165, 1.54) is 42.7 Å². The first-order chi connectivity index (χ1) is 11.3. The van der Waals surface area contributed by atoms with Crippen LogP contribution in [0, 0.1) is 0 Å². The molecule has 0 saturated heterocycles. The maximum Gasteiger partial charge on any atom is 0.170 e. The fourth-order valence-electron chi connectivity index (χ4n) is 3.85. The molecule has 2 aromatic heterocycles. The lowest BCUT2D eigenvalue weighted by molar-refractivity contribution is 0.281. The molecule has 122 valence electrons. The van der Waals surface area contributed by atoms with Crippen LogP contribution < -0.4 is 5.32 Å². The summed E-state index contributed by atoms with van der Waals surface area (Å²) in [5.41, 5.74) is 1.35. The van der Waals surface area contributed by atoms with Crippen molar-refractivity contribution < 1.29 is 0 Å². The van der Waals surface area contributed by atoms with Crippen molar-refractivity contribution in [1.82, 2.24) is 14.8 Å². The topological polar surface area (TPSA) is 20.2 Å². The maximum absolute atomic E-state index is 5.82. The highest BCUT2D eigenvalue weighted by molar-refractivity contribution is 7.80. The van der Waals surface area contributed by atoms with Gasteiger partial charge in [0, 0.05) is 35.9 Å². The van der Waals surface area contributed by atoms with Gasteiger partial charge < -0.3 is 14.8 Å². The number of aromatic nitrogens is 1. The second kappa shape index (κ2) is 6.65.